The predicted octanol–water partition coefficient (Wildman–Crippen LogP) is 2.19. The molecule has 1 atom stereocenters. The molecule has 1 spiro atoms. The van der Waals surface area contributed by atoms with E-state index in [1.54, 1.807) is 47.6 Å². The maximum absolute atomic E-state index is 13.3. The van der Waals surface area contributed by atoms with Gasteiger partial charge in [0.05, 0.1) is 16.5 Å². The van der Waals surface area contributed by atoms with Gasteiger partial charge in [0.2, 0.25) is 5.91 Å². The van der Waals surface area contributed by atoms with E-state index in [0.717, 1.165) is 6.42 Å². The monoisotopic (exact) mass is 448 g/mol. The van der Waals surface area contributed by atoms with Gasteiger partial charge in [-0.25, -0.2) is 0 Å². The zero-order valence-electron chi connectivity index (χ0n) is 18.5. The summed E-state index contributed by atoms with van der Waals surface area (Å²) in [6.07, 6.45) is 8.87. The van der Waals surface area contributed by atoms with Crippen LogP contribution in [-0.4, -0.2) is 60.4 Å². The third-order valence-electron chi connectivity index (χ3n) is 6.09. The molecule has 1 unspecified atom stereocenters. The lowest BCUT2D eigenvalue weighted by atomic mass is 9.75. The number of allylic oxidation sites excluding steroid dienone is 1. The van der Waals surface area contributed by atoms with Gasteiger partial charge in [-0.05, 0) is 43.5 Å². The maximum atomic E-state index is 13.3. The first kappa shape index (κ1) is 22.5. The number of para-hydroxylation sites is 1. The van der Waals surface area contributed by atoms with E-state index in [2.05, 4.69) is 15.6 Å². The molecule has 2 aromatic rings. The molecule has 2 aliphatic heterocycles. The number of hydrogen-bond donors (Lipinski definition) is 2. The van der Waals surface area contributed by atoms with Gasteiger partial charge in [0.1, 0.15) is 12.4 Å². The highest BCUT2D eigenvalue weighted by Gasteiger charge is 2.42. The molecule has 1 aromatic carbocycles. The molecular weight excluding hydrogens is 420 g/mol. The van der Waals surface area contributed by atoms with Crippen LogP contribution >= 0.6 is 0 Å². The number of pyridine rings is 1. The Morgan fingerprint density at radius 1 is 1.06 bits per heavy atom. The second kappa shape index (κ2) is 10.3. The summed E-state index contributed by atoms with van der Waals surface area (Å²) < 4.78 is 5.80. The first-order valence-corrected chi connectivity index (χ1v) is 11.2. The molecule has 2 N–H and O–H groups in total. The minimum atomic E-state index is -0.737. The van der Waals surface area contributed by atoms with E-state index < -0.39 is 5.41 Å². The highest BCUT2D eigenvalue weighted by molar-refractivity contribution is 5.97. The van der Waals surface area contributed by atoms with Crippen molar-refractivity contribution in [3.05, 3.63) is 72.1 Å². The quantitative estimate of drug-likeness (QED) is 0.652. The Labute approximate surface area is 193 Å². The van der Waals surface area contributed by atoms with Crippen LogP contribution in [0.15, 0.2) is 60.9 Å². The number of nitrogens with zero attached hydrogens (tertiary/aromatic N) is 2. The molecule has 0 bridgehead atoms. The number of amides is 3. The average Bonchev–Trinajstić information content (AvgIpc) is 2.86. The minimum absolute atomic E-state index is 0.108. The van der Waals surface area contributed by atoms with Gasteiger partial charge in [0.25, 0.3) is 11.8 Å². The normalized spacial score (nSPS) is 22.8. The van der Waals surface area contributed by atoms with Crippen LogP contribution in [0.3, 0.4) is 0 Å². The molecule has 8 heteroatoms. The number of carbonyl (C=O) groups is 3. The summed E-state index contributed by atoms with van der Waals surface area (Å²) >= 11 is 0. The lowest BCUT2D eigenvalue weighted by Crippen LogP contribution is -2.54. The van der Waals surface area contributed by atoms with Crippen molar-refractivity contribution in [1.29, 1.82) is 0 Å². The van der Waals surface area contributed by atoms with E-state index in [1.807, 2.05) is 18.2 Å². The van der Waals surface area contributed by atoms with Gasteiger partial charge in [0.15, 0.2) is 0 Å². The summed E-state index contributed by atoms with van der Waals surface area (Å²) in [6.45, 7) is 1.80. The Morgan fingerprint density at radius 3 is 2.76 bits per heavy atom. The van der Waals surface area contributed by atoms with Gasteiger partial charge in [-0.3, -0.25) is 19.4 Å². The fourth-order valence-electron chi connectivity index (χ4n) is 4.35. The first-order valence-electron chi connectivity index (χ1n) is 11.2. The van der Waals surface area contributed by atoms with Gasteiger partial charge >= 0.3 is 0 Å². The number of piperidine rings is 1. The minimum Gasteiger partial charge on any atom is -0.489 e. The second-order valence-corrected chi connectivity index (χ2v) is 8.35. The molecule has 0 saturated carbocycles. The summed E-state index contributed by atoms with van der Waals surface area (Å²) in [6, 6.07) is 10.6. The highest BCUT2D eigenvalue weighted by Crippen LogP contribution is 2.35. The van der Waals surface area contributed by atoms with Crippen molar-refractivity contribution in [2.24, 2.45) is 5.41 Å². The molecule has 2 aliphatic rings. The molecule has 1 aromatic heterocycles. The Morgan fingerprint density at radius 2 is 1.91 bits per heavy atom. The van der Waals surface area contributed by atoms with Crippen LogP contribution in [0.2, 0.25) is 0 Å². The van der Waals surface area contributed by atoms with Crippen LogP contribution in [0, 0.1) is 5.41 Å². The molecule has 0 radical (unpaired) electrons. The van der Waals surface area contributed by atoms with E-state index >= 15 is 0 Å². The number of likely N-dealkylation sites (tertiary alicyclic amines) is 1. The van der Waals surface area contributed by atoms with Crippen LogP contribution in [0.4, 0.5) is 0 Å². The number of aromatic nitrogens is 1. The van der Waals surface area contributed by atoms with Crippen molar-refractivity contribution < 1.29 is 19.1 Å². The van der Waals surface area contributed by atoms with Crippen LogP contribution in [0.1, 0.15) is 40.0 Å². The summed E-state index contributed by atoms with van der Waals surface area (Å²) in [5.41, 5.74) is 0.238. The zero-order valence-corrected chi connectivity index (χ0v) is 18.5. The second-order valence-electron chi connectivity index (χ2n) is 8.35. The Hall–Kier alpha value is -3.68. The largest absolute Gasteiger partial charge is 0.489 e. The number of benzene rings is 1. The lowest BCUT2D eigenvalue weighted by molar-refractivity contribution is -0.133. The standard InChI is InChI=1S/C25H28N4O4/c30-22-20-8-1-2-9-21(20)33-16-4-3-10-25(24(32)28-14-13-27-22)11-6-15-29(18-25)23(31)19-7-5-12-26-17-19/h1-5,7-9,12,17H,6,10-11,13-16,18H2,(H,27,30)(H,28,32)/b4-3+. The number of hydrogen-bond acceptors (Lipinski definition) is 5. The summed E-state index contributed by atoms with van der Waals surface area (Å²) in [5.74, 6) is 0.0388. The van der Waals surface area contributed by atoms with Crippen LogP contribution in [-0.2, 0) is 4.79 Å². The number of nitrogens with one attached hydrogen (secondary N) is 2. The first-order chi connectivity index (χ1) is 16.1. The van der Waals surface area contributed by atoms with E-state index in [9.17, 15) is 14.4 Å². The number of rotatable bonds is 1. The number of fused-ring (bicyclic) bond motifs is 1. The molecule has 0 aliphatic carbocycles. The molecule has 1 saturated heterocycles. The van der Waals surface area contributed by atoms with E-state index in [4.69, 9.17) is 4.74 Å². The van der Waals surface area contributed by atoms with Crippen molar-refractivity contribution in [3.63, 3.8) is 0 Å². The molecular formula is C25H28N4O4. The summed E-state index contributed by atoms with van der Waals surface area (Å²) in [4.78, 5) is 44.6. The van der Waals surface area contributed by atoms with Crippen molar-refractivity contribution in [3.8, 4) is 5.75 Å². The predicted molar refractivity (Wildman–Crippen MR) is 123 cm³/mol. The van der Waals surface area contributed by atoms with Crippen LogP contribution < -0.4 is 15.4 Å². The number of ether oxygens (including phenoxy) is 1. The van der Waals surface area contributed by atoms with Crippen molar-refractivity contribution >= 4 is 17.7 Å². The Kier molecular flexibility index (Phi) is 7.02. The smallest absolute Gasteiger partial charge is 0.255 e. The topological polar surface area (TPSA) is 101 Å². The Bertz CT molecular complexity index is 1040. The van der Waals surface area contributed by atoms with Gasteiger partial charge in [-0.1, -0.05) is 24.3 Å². The van der Waals surface area contributed by atoms with Gasteiger partial charge in [-0.15, -0.1) is 0 Å². The van der Waals surface area contributed by atoms with Gasteiger partial charge in [0, 0.05) is 38.6 Å². The number of carbonyl (C=O) groups excluding carboxylic acids is 3. The fraction of sp³-hybridized carbons (Fsp3) is 0.360. The van der Waals surface area contributed by atoms with Gasteiger partial charge in [-0.2, -0.15) is 0 Å². The molecule has 8 nitrogen and oxygen atoms in total. The SMILES string of the molecule is O=C1NCCNC(=O)C2(C/C=C/COc3ccccc31)CCCN(C(=O)c1cccnc1)C2. The molecule has 4 rings (SSSR count). The van der Waals surface area contributed by atoms with E-state index in [-0.39, 0.29) is 24.3 Å². The van der Waals surface area contributed by atoms with Crippen molar-refractivity contribution in [2.45, 2.75) is 19.3 Å². The van der Waals surface area contributed by atoms with E-state index in [1.165, 1.54) is 0 Å². The van der Waals surface area contributed by atoms with Crippen molar-refractivity contribution in [1.82, 2.24) is 20.5 Å². The van der Waals surface area contributed by atoms with Crippen LogP contribution in [0.25, 0.3) is 0 Å². The molecule has 3 heterocycles. The van der Waals surface area contributed by atoms with Gasteiger partial charge < -0.3 is 20.3 Å². The zero-order chi connectivity index (χ0) is 23.1. The summed E-state index contributed by atoms with van der Waals surface area (Å²) in [5, 5.41) is 5.80. The molecule has 172 valence electrons. The molecule has 1 fully saturated rings. The maximum Gasteiger partial charge on any atom is 0.255 e. The highest BCUT2D eigenvalue weighted by atomic mass is 16.5. The Balaban J connectivity index is 1.53. The van der Waals surface area contributed by atoms with Crippen LogP contribution in [0.5, 0.6) is 5.75 Å². The average molecular weight is 449 g/mol. The fourth-order valence-corrected chi connectivity index (χ4v) is 4.35. The third-order valence-corrected chi connectivity index (χ3v) is 6.09. The van der Waals surface area contributed by atoms with E-state index in [0.29, 0.717) is 55.9 Å². The molecule has 33 heavy (non-hydrogen) atoms. The molecule has 3 amide bonds. The third kappa shape index (κ3) is 5.22. The lowest BCUT2D eigenvalue weighted by Gasteiger charge is -2.41. The summed E-state index contributed by atoms with van der Waals surface area (Å²) in [7, 11) is 0. The van der Waals surface area contributed by atoms with Crippen molar-refractivity contribution in [2.75, 3.05) is 32.8 Å².